The summed E-state index contributed by atoms with van der Waals surface area (Å²) in [5.74, 6) is -0.139. The van der Waals surface area contributed by atoms with Gasteiger partial charge in [0.05, 0.1) is 0 Å². The van der Waals surface area contributed by atoms with Gasteiger partial charge in [0.2, 0.25) is 0 Å². The second-order valence-electron chi connectivity index (χ2n) is 5.96. The van der Waals surface area contributed by atoms with Crippen LogP contribution >= 0.6 is 0 Å². The molecule has 0 bridgehead atoms. The standard InChI is InChI=1S/C18H36O2/c1-4-6-7-8-9-10-11-12-13-14-15-16-18(5-2)20-17(3)19/h18H,4-16H2,1-3H3/t18-/m0/s1. The number of hydrogen-bond donors (Lipinski definition) is 0. The molecule has 2 nitrogen and oxygen atoms in total. The summed E-state index contributed by atoms with van der Waals surface area (Å²) < 4.78 is 5.25. The Hall–Kier alpha value is -0.530. The molecule has 0 N–H and O–H groups in total. The molecule has 0 heterocycles. The average Bonchev–Trinajstić information content (AvgIpc) is 2.43. The van der Waals surface area contributed by atoms with Gasteiger partial charge in [0, 0.05) is 6.92 Å². The molecule has 0 aliphatic rings. The third-order valence-corrected chi connectivity index (χ3v) is 3.92. The largest absolute Gasteiger partial charge is 0.463 e. The molecule has 0 radical (unpaired) electrons. The topological polar surface area (TPSA) is 26.3 Å². The first-order valence-electron chi connectivity index (χ1n) is 8.87. The summed E-state index contributed by atoms with van der Waals surface area (Å²) in [6.45, 7) is 5.86. The van der Waals surface area contributed by atoms with Crippen molar-refractivity contribution in [2.24, 2.45) is 0 Å². The van der Waals surface area contributed by atoms with Gasteiger partial charge in [-0.3, -0.25) is 4.79 Å². The number of esters is 1. The molecule has 0 spiro atoms. The number of carbonyl (C=O) groups excluding carboxylic acids is 1. The van der Waals surface area contributed by atoms with E-state index in [0.717, 1.165) is 12.8 Å². The van der Waals surface area contributed by atoms with E-state index in [1.807, 2.05) is 0 Å². The normalized spacial score (nSPS) is 12.3. The highest BCUT2D eigenvalue weighted by Crippen LogP contribution is 2.14. The van der Waals surface area contributed by atoms with Crippen LogP contribution in [0.5, 0.6) is 0 Å². The highest BCUT2D eigenvalue weighted by Gasteiger charge is 2.08. The van der Waals surface area contributed by atoms with Crippen molar-refractivity contribution in [3.8, 4) is 0 Å². The Kier molecular flexibility index (Phi) is 14.5. The van der Waals surface area contributed by atoms with Gasteiger partial charge in [0.1, 0.15) is 6.10 Å². The summed E-state index contributed by atoms with van der Waals surface area (Å²) in [6.07, 6.45) is 17.1. The van der Waals surface area contributed by atoms with E-state index >= 15 is 0 Å². The van der Waals surface area contributed by atoms with E-state index in [2.05, 4.69) is 13.8 Å². The van der Waals surface area contributed by atoms with Crippen LogP contribution < -0.4 is 0 Å². The fraction of sp³-hybridized carbons (Fsp3) is 0.944. The summed E-state index contributed by atoms with van der Waals surface area (Å²) in [5, 5.41) is 0. The zero-order valence-electron chi connectivity index (χ0n) is 14.1. The molecule has 0 aromatic rings. The van der Waals surface area contributed by atoms with Crippen molar-refractivity contribution in [3.05, 3.63) is 0 Å². The maximum absolute atomic E-state index is 10.9. The smallest absolute Gasteiger partial charge is 0.302 e. The zero-order valence-corrected chi connectivity index (χ0v) is 14.1. The van der Waals surface area contributed by atoms with Crippen molar-refractivity contribution < 1.29 is 9.53 Å². The van der Waals surface area contributed by atoms with Gasteiger partial charge in [-0.25, -0.2) is 0 Å². The van der Waals surface area contributed by atoms with Gasteiger partial charge in [0.15, 0.2) is 0 Å². The second kappa shape index (κ2) is 14.9. The van der Waals surface area contributed by atoms with Gasteiger partial charge in [-0.2, -0.15) is 0 Å². The number of hydrogen-bond acceptors (Lipinski definition) is 2. The predicted molar refractivity (Wildman–Crippen MR) is 86.9 cm³/mol. The van der Waals surface area contributed by atoms with E-state index in [1.54, 1.807) is 0 Å². The third-order valence-electron chi connectivity index (χ3n) is 3.92. The first-order valence-corrected chi connectivity index (χ1v) is 8.87. The van der Waals surface area contributed by atoms with Crippen LogP contribution in [0.1, 0.15) is 104 Å². The SMILES string of the molecule is CCCCCCCCCCCCC[C@H](CC)OC(C)=O. The third kappa shape index (κ3) is 13.9. The van der Waals surface area contributed by atoms with Crippen LogP contribution in [0.25, 0.3) is 0 Å². The van der Waals surface area contributed by atoms with E-state index in [9.17, 15) is 4.79 Å². The van der Waals surface area contributed by atoms with Crippen LogP contribution in [0.4, 0.5) is 0 Å². The maximum atomic E-state index is 10.9. The Morgan fingerprint density at radius 3 is 1.65 bits per heavy atom. The quantitative estimate of drug-likeness (QED) is 0.287. The van der Waals surface area contributed by atoms with Crippen LogP contribution in [0.2, 0.25) is 0 Å². The molecule has 20 heavy (non-hydrogen) atoms. The molecule has 0 saturated heterocycles. The Morgan fingerprint density at radius 1 is 0.800 bits per heavy atom. The summed E-state index contributed by atoms with van der Waals surface area (Å²) in [5.41, 5.74) is 0. The molecule has 1 atom stereocenters. The fourth-order valence-corrected chi connectivity index (χ4v) is 2.62. The number of rotatable bonds is 14. The Balaban J connectivity index is 3.21. The molecule has 0 amide bonds. The van der Waals surface area contributed by atoms with Gasteiger partial charge in [-0.05, 0) is 19.3 Å². The van der Waals surface area contributed by atoms with Crippen molar-refractivity contribution in [1.82, 2.24) is 0 Å². The molecule has 0 unspecified atom stereocenters. The molecular weight excluding hydrogens is 248 g/mol. The minimum absolute atomic E-state index is 0.139. The van der Waals surface area contributed by atoms with Crippen molar-refractivity contribution in [3.63, 3.8) is 0 Å². The molecule has 0 fully saturated rings. The van der Waals surface area contributed by atoms with Crippen molar-refractivity contribution in [2.75, 3.05) is 0 Å². The predicted octanol–water partition coefficient (Wildman–Crippen LogP) is 6.03. The molecule has 0 aromatic heterocycles. The monoisotopic (exact) mass is 284 g/mol. The lowest BCUT2D eigenvalue weighted by Crippen LogP contribution is -2.14. The van der Waals surface area contributed by atoms with Crippen LogP contribution in [0.3, 0.4) is 0 Å². The summed E-state index contributed by atoms with van der Waals surface area (Å²) in [6, 6.07) is 0. The Morgan fingerprint density at radius 2 is 1.25 bits per heavy atom. The van der Waals surface area contributed by atoms with Crippen LogP contribution in [0.15, 0.2) is 0 Å². The van der Waals surface area contributed by atoms with E-state index in [1.165, 1.54) is 77.6 Å². The van der Waals surface area contributed by atoms with E-state index in [4.69, 9.17) is 4.74 Å². The highest BCUT2D eigenvalue weighted by atomic mass is 16.5. The lowest BCUT2D eigenvalue weighted by atomic mass is 10.0. The number of unbranched alkanes of at least 4 members (excludes halogenated alkanes) is 10. The number of carbonyl (C=O) groups is 1. The van der Waals surface area contributed by atoms with Gasteiger partial charge in [-0.1, -0.05) is 78.1 Å². The minimum Gasteiger partial charge on any atom is -0.463 e. The molecule has 0 saturated carbocycles. The molecule has 0 aliphatic heterocycles. The summed E-state index contributed by atoms with van der Waals surface area (Å²) >= 11 is 0. The Bertz CT molecular complexity index is 213. The molecule has 2 heteroatoms. The molecule has 0 rings (SSSR count). The highest BCUT2D eigenvalue weighted by molar-refractivity contribution is 5.66. The van der Waals surface area contributed by atoms with E-state index < -0.39 is 0 Å². The summed E-state index contributed by atoms with van der Waals surface area (Å²) in [4.78, 5) is 10.9. The first-order chi connectivity index (χ1) is 9.70. The van der Waals surface area contributed by atoms with Gasteiger partial charge < -0.3 is 4.74 Å². The number of ether oxygens (including phenoxy) is 1. The van der Waals surface area contributed by atoms with Crippen molar-refractivity contribution in [2.45, 2.75) is 110 Å². The lowest BCUT2D eigenvalue weighted by molar-refractivity contribution is -0.146. The second-order valence-corrected chi connectivity index (χ2v) is 5.96. The van der Waals surface area contributed by atoms with Crippen LogP contribution in [-0.2, 0) is 9.53 Å². The van der Waals surface area contributed by atoms with Gasteiger partial charge in [-0.15, -0.1) is 0 Å². The van der Waals surface area contributed by atoms with Crippen LogP contribution in [-0.4, -0.2) is 12.1 Å². The molecule has 0 aromatic carbocycles. The van der Waals surface area contributed by atoms with E-state index in [-0.39, 0.29) is 12.1 Å². The zero-order chi connectivity index (χ0) is 15.1. The van der Waals surface area contributed by atoms with Crippen LogP contribution in [0, 0.1) is 0 Å². The van der Waals surface area contributed by atoms with E-state index in [0.29, 0.717) is 0 Å². The van der Waals surface area contributed by atoms with Gasteiger partial charge >= 0.3 is 5.97 Å². The van der Waals surface area contributed by atoms with Gasteiger partial charge in [0.25, 0.3) is 0 Å². The molecule has 120 valence electrons. The maximum Gasteiger partial charge on any atom is 0.302 e. The average molecular weight is 284 g/mol. The molecule has 0 aliphatic carbocycles. The first kappa shape index (κ1) is 19.5. The minimum atomic E-state index is -0.139. The lowest BCUT2D eigenvalue weighted by Gasteiger charge is -2.14. The Labute approximate surface area is 126 Å². The summed E-state index contributed by atoms with van der Waals surface area (Å²) in [7, 11) is 0. The van der Waals surface area contributed by atoms with Crippen molar-refractivity contribution >= 4 is 5.97 Å². The fourth-order valence-electron chi connectivity index (χ4n) is 2.62. The van der Waals surface area contributed by atoms with Crippen molar-refractivity contribution in [1.29, 1.82) is 0 Å². The molecular formula is C18H36O2.